The molecule has 0 fully saturated rings. The number of imidazole rings is 1. The molecule has 4 heterocycles. The van der Waals surface area contributed by atoms with Crippen LogP contribution in [0, 0.1) is 5.82 Å². The Labute approximate surface area is 201 Å². The van der Waals surface area contributed by atoms with Crippen LogP contribution in [0.3, 0.4) is 0 Å². The van der Waals surface area contributed by atoms with Crippen LogP contribution in [0.2, 0.25) is 0 Å². The molecule has 0 unspecified atom stereocenters. The zero-order chi connectivity index (χ0) is 25.1. The van der Waals surface area contributed by atoms with Gasteiger partial charge in [0.15, 0.2) is 0 Å². The molecule has 0 saturated heterocycles. The Morgan fingerprint density at radius 2 is 2.03 bits per heavy atom. The summed E-state index contributed by atoms with van der Waals surface area (Å²) in [5.74, 6) is 0.121. The van der Waals surface area contributed by atoms with Crippen molar-refractivity contribution >= 4 is 27.6 Å². The first kappa shape index (κ1) is 23.1. The van der Waals surface area contributed by atoms with Gasteiger partial charge in [-0.25, -0.2) is 14.2 Å². The smallest absolute Gasteiger partial charge is 0.329 e. The molecule has 184 valence electrons. The van der Waals surface area contributed by atoms with Crippen LogP contribution in [0.4, 0.5) is 10.1 Å². The molecule has 1 aromatic carbocycles. The Hall–Kier alpha value is -3.66. The number of nitrogen functional groups attached to an aromatic ring is 1. The lowest BCUT2D eigenvalue weighted by Gasteiger charge is -2.24. The van der Waals surface area contributed by atoms with E-state index in [2.05, 4.69) is 14.9 Å². The summed E-state index contributed by atoms with van der Waals surface area (Å²) in [6.45, 7) is 5.36. The second-order valence-corrected chi connectivity index (χ2v) is 9.85. The lowest BCUT2D eigenvalue weighted by atomic mass is 10.0. The fourth-order valence-corrected chi connectivity index (χ4v) is 4.65. The zero-order valence-electron chi connectivity index (χ0n) is 20.6. The predicted octanol–water partition coefficient (Wildman–Crippen LogP) is 3.13. The number of ether oxygens (including phenoxy) is 2. The minimum Gasteiger partial charge on any atom is -0.490 e. The van der Waals surface area contributed by atoms with Crippen molar-refractivity contribution in [1.82, 2.24) is 24.0 Å². The molecule has 10 heteroatoms. The van der Waals surface area contributed by atoms with E-state index in [1.807, 2.05) is 27.9 Å². The molecule has 0 amide bonds. The first-order chi connectivity index (χ1) is 16.6. The van der Waals surface area contributed by atoms with Gasteiger partial charge in [0.2, 0.25) is 5.88 Å². The number of aryl methyl sites for hydroxylation is 1. The number of nitrogens with zero attached hydrogens (tertiary/aromatic N) is 5. The maximum Gasteiger partial charge on any atom is 0.329 e. The highest BCUT2D eigenvalue weighted by Gasteiger charge is 2.34. The fourth-order valence-electron chi connectivity index (χ4n) is 4.65. The maximum atomic E-state index is 15.5. The average molecular weight is 481 g/mol. The number of anilines is 1. The van der Waals surface area contributed by atoms with Crippen molar-refractivity contribution in [2.45, 2.75) is 25.8 Å². The quantitative estimate of drug-likeness (QED) is 0.423. The number of halogens is 1. The summed E-state index contributed by atoms with van der Waals surface area (Å²) in [4.78, 5) is 24.0. The molecular weight excluding hydrogens is 451 g/mol. The van der Waals surface area contributed by atoms with Crippen LogP contribution in [0.5, 0.6) is 11.6 Å². The van der Waals surface area contributed by atoms with Crippen molar-refractivity contribution < 1.29 is 13.9 Å². The third-order valence-corrected chi connectivity index (χ3v) is 6.41. The van der Waals surface area contributed by atoms with Crippen LogP contribution < -0.4 is 20.9 Å². The lowest BCUT2D eigenvalue weighted by Crippen LogP contribution is -2.40. The van der Waals surface area contributed by atoms with Gasteiger partial charge in [-0.3, -0.25) is 14.1 Å². The van der Waals surface area contributed by atoms with Crippen molar-refractivity contribution in [3.05, 3.63) is 40.8 Å². The van der Waals surface area contributed by atoms with Crippen LogP contribution in [0.25, 0.3) is 33.1 Å². The summed E-state index contributed by atoms with van der Waals surface area (Å²) in [6.07, 6.45) is 3.95. The largest absolute Gasteiger partial charge is 0.490 e. The molecule has 3 aromatic heterocycles. The number of hydrogen-bond acceptors (Lipinski definition) is 7. The van der Waals surface area contributed by atoms with E-state index in [1.54, 1.807) is 28.4 Å². The monoisotopic (exact) mass is 480 g/mol. The van der Waals surface area contributed by atoms with E-state index in [4.69, 9.17) is 15.2 Å². The van der Waals surface area contributed by atoms with Crippen molar-refractivity contribution in [1.29, 1.82) is 0 Å². The summed E-state index contributed by atoms with van der Waals surface area (Å²) >= 11 is 0. The Morgan fingerprint density at radius 1 is 1.26 bits per heavy atom. The van der Waals surface area contributed by atoms with E-state index in [9.17, 15) is 4.79 Å². The molecule has 9 nitrogen and oxygen atoms in total. The van der Waals surface area contributed by atoms with Gasteiger partial charge in [0, 0.05) is 31.4 Å². The molecule has 0 saturated carbocycles. The van der Waals surface area contributed by atoms with Crippen molar-refractivity contribution in [2.24, 2.45) is 7.05 Å². The third-order valence-electron chi connectivity index (χ3n) is 6.41. The fraction of sp³-hybridized carbons (Fsp3) is 0.400. The Kier molecular flexibility index (Phi) is 5.43. The number of benzene rings is 1. The van der Waals surface area contributed by atoms with Gasteiger partial charge in [0.1, 0.15) is 18.2 Å². The van der Waals surface area contributed by atoms with E-state index in [1.165, 1.54) is 12.3 Å². The van der Waals surface area contributed by atoms with Crippen molar-refractivity contribution in [3.8, 4) is 22.8 Å². The molecular formula is C25H29FN6O3. The van der Waals surface area contributed by atoms with E-state index >= 15 is 4.39 Å². The molecule has 1 aliphatic heterocycles. The predicted molar refractivity (Wildman–Crippen MR) is 134 cm³/mol. The highest BCUT2D eigenvalue weighted by molar-refractivity contribution is 6.09. The molecule has 0 atom stereocenters. The normalized spacial score (nSPS) is 14.6. The summed E-state index contributed by atoms with van der Waals surface area (Å²) in [5, 5.41) is 0.588. The van der Waals surface area contributed by atoms with E-state index < -0.39 is 11.4 Å². The average Bonchev–Trinajstić information content (AvgIpc) is 2.98. The van der Waals surface area contributed by atoms with Gasteiger partial charge < -0.3 is 20.1 Å². The summed E-state index contributed by atoms with van der Waals surface area (Å²) in [6, 6.07) is 3.00. The van der Waals surface area contributed by atoms with Gasteiger partial charge >= 0.3 is 5.69 Å². The molecule has 0 spiro atoms. The van der Waals surface area contributed by atoms with Crippen LogP contribution >= 0.6 is 0 Å². The second kappa shape index (κ2) is 8.23. The van der Waals surface area contributed by atoms with Gasteiger partial charge in [-0.2, -0.15) is 0 Å². The van der Waals surface area contributed by atoms with Crippen molar-refractivity contribution in [3.63, 3.8) is 0 Å². The lowest BCUT2D eigenvalue weighted by molar-refractivity contribution is 0.189. The molecule has 0 bridgehead atoms. The maximum absolute atomic E-state index is 15.5. The molecule has 1 aliphatic rings. The van der Waals surface area contributed by atoms with E-state index in [0.29, 0.717) is 51.4 Å². The molecule has 5 rings (SSSR count). The third kappa shape index (κ3) is 3.68. The number of pyridine rings is 2. The topological polar surface area (TPSA) is 100 Å². The number of hydrogen-bond donors (Lipinski definition) is 1. The summed E-state index contributed by atoms with van der Waals surface area (Å²) in [5.41, 5.74) is 8.11. The number of nitrogens with two attached hydrogens (primary N) is 1. The first-order valence-corrected chi connectivity index (χ1v) is 11.5. The van der Waals surface area contributed by atoms with Gasteiger partial charge in [0.25, 0.3) is 0 Å². The Balaban J connectivity index is 1.67. The molecule has 0 aliphatic carbocycles. The second-order valence-electron chi connectivity index (χ2n) is 9.85. The minimum absolute atomic E-state index is 0.169. The number of rotatable bonds is 6. The summed E-state index contributed by atoms with van der Waals surface area (Å²) < 4.78 is 30.8. The molecule has 0 radical (unpaired) electrons. The first-order valence-electron chi connectivity index (χ1n) is 11.5. The molecule has 4 aromatic rings. The zero-order valence-corrected chi connectivity index (χ0v) is 20.6. The molecule has 35 heavy (non-hydrogen) atoms. The van der Waals surface area contributed by atoms with Crippen LogP contribution in [0.15, 0.2) is 29.3 Å². The molecule has 2 N–H and O–H groups in total. The highest BCUT2D eigenvalue weighted by atomic mass is 19.1. The van der Waals surface area contributed by atoms with Crippen molar-refractivity contribution in [2.75, 3.05) is 39.6 Å². The standard InChI is InChI=1S/C25H29FN6O3/c1-25(2)13-35-22-19(14-9-16(27)23(29-11-14)34-8-6-7-30(3)4)15(26)10-17-20(22)21-18(12-28-17)31(5)24(33)32(21)25/h9-12H,6-8,13,27H2,1-5H3. The van der Waals surface area contributed by atoms with Crippen LogP contribution in [-0.4, -0.2) is 57.9 Å². The summed E-state index contributed by atoms with van der Waals surface area (Å²) in [7, 11) is 5.70. The van der Waals surface area contributed by atoms with Gasteiger partial charge in [-0.15, -0.1) is 0 Å². The van der Waals surface area contributed by atoms with Crippen LogP contribution in [0.1, 0.15) is 20.3 Å². The van der Waals surface area contributed by atoms with E-state index in [-0.39, 0.29) is 17.9 Å². The van der Waals surface area contributed by atoms with Crippen LogP contribution in [-0.2, 0) is 12.6 Å². The SMILES string of the molecule is CN(C)CCCOc1ncc(-c2c(F)cc3ncc4c5c3c2OCC(C)(C)n5c(=O)n4C)cc1N. The highest BCUT2D eigenvalue weighted by Crippen LogP contribution is 2.45. The number of aromatic nitrogens is 4. The van der Waals surface area contributed by atoms with E-state index in [0.717, 1.165) is 13.0 Å². The van der Waals surface area contributed by atoms with Gasteiger partial charge in [-0.1, -0.05) is 0 Å². The Morgan fingerprint density at radius 3 is 2.74 bits per heavy atom. The van der Waals surface area contributed by atoms with Gasteiger partial charge in [0.05, 0.1) is 51.5 Å². The minimum atomic E-state index is -0.667. The van der Waals surface area contributed by atoms with Gasteiger partial charge in [-0.05, 0) is 40.4 Å². The Bertz CT molecular complexity index is 1520.